The van der Waals surface area contributed by atoms with Crippen LogP contribution >= 0.6 is 15.9 Å². The number of halogens is 2. The Balaban J connectivity index is 2.24. The average Bonchev–Trinajstić information content (AvgIpc) is 2.46. The highest BCUT2D eigenvalue weighted by Gasteiger charge is 2.20. The third-order valence-electron chi connectivity index (χ3n) is 3.10. The summed E-state index contributed by atoms with van der Waals surface area (Å²) in [7, 11) is -3.68. The fourth-order valence-electron chi connectivity index (χ4n) is 1.95. The van der Waals surface area contributed by atoms with E-state index in [9.17, 15) is 12.8 Å². The average molecular weight is 372 g/mol. The monoisotopic (exact) mass is 371 g/mol. The third kappa shape index (κ3) is 4.12. The van der Waals surface area contributed by atoms with Crippen LogP contribution in [0.1, 0.15) is 24.9 Å². The van der Waals surface area contributed by atoms with Crippen molar-refractivity contribution >= 4 is 26.0 Å². The molecule has 1 N–H and O–H groups in total. The zero-order chi connectivity index (χ0) is 15.5. The molecule has 0 heterocycles. The number of benzene rings is 2. The number of hydrogen-bond acceptors (Lipinski definition) is 2. The van der Waals surface area contributed by atoms with Crippen molar-refractivity contribution in [2.24, 2.45) is 0 Å². The fourth-order valence-corrected chi connectivity index (χ4v) is 3.52. The van der Waals surface area contributed by atoms with Gasteiger partial charge in [-0.25, -0.2) is 17.5 Å². The maximum atomic E-state index is 12.9. The normalized spacial score (nSPS) is 13.1. The Morgan fingerprint density at radius 1 is 1.10 bits per heavy atom. The number of hydrogen-bond donors (Lipinski definition) is 1. The molecule has 3 nitrogen and oxygen atoms in total. The molecule has 112 valence electrons. The van der Waals surface area contributed by atoms with E-state index in [2.05, 4.69) is 20.7 Å². The van der Waals surface area contributed by atoms with Gasteiger partial charge < -0.3 is 0 Å². The highest BCUT2D eigenvalue weighted by molar-refractivity contribution is 9.10. The Bertz CT molecular complexity index is 699. The lowest BCUT2D eigenvalue weighted by Gasteiger charge is -2.17. The second kappa shape index (κ2) is 6.68. The number of sulfonamides is 1. The van der Waals surface area contributed by atoms with Crippen molar-refractivity contribution in [3.05, 3.63) is 64.4 Å². The van der Waals surface area contributed by atoms with Gasteiger partial charge >= 0.3 is 0 Å². The molecule has 2 aromatic carbocycles. The lowest BCUT2D eigenvalue weighted by atomic mass is 10.1. The lowest BCUT2D eigenvalue weighted by Crippen LogP contribution is -2.28. The molecule has 0 fully saturated rings. The van der Waals surface area contributed by atoms with Crippen LogP contribution in [0.5, 0.6) is 0 Å². The van der Waals surface area contributed by atoms with E-state index < -0.39 is 15.8 Å². The van der Waals surface area contributed by atoms with Crippen molar-refractivity contribution in [2.45, 2.75) is 24.3 Å². The zero-order valence-corrected chi connectivity index (χ0v) is 13.8. The van der Waals surface area contributed by atoms with Crippen molar-refractivity contribution in [1.29, 1.82) is 0 Å². The quantitative estimate of drug-likeness (QED) is 0.862. The summed E-state index contributed by atoms with van der Waals surface area (Å²) in [5.41, 5.74) is 0.881. The van der Waals surface area contributed by atoms with Gasteiger partial charge in [0.25, 0.3) is 0 Å². The molecular weight excluding hydrogens is 357 g/mol. The molecule has 0 saturated carbocycles. The molecule has 21 heavy (non-hydrogen) atoms. The van der Waals surface area contributed by atoms with Crippen molar-refractivity contribution in [3.8, 4) is 0 Å². The predicted octanol–water partition coefficient (Wildman–Crippen LogP) is 4.02. The molecule has 0 radical (unpaired) electrons. The molecule has 0 aromatic heterocycles. The van der Waals surface area contributed by atoms with E-state index in [0.717, 1.165) is 22.2 Å². The molecule has 0 aliphatic rings. The van der Waals surface area contributed by atoms with E-state index in [0.29, 0.717) is 6.42 Å². The zero-order valence-electron chi connectivity index (χ0n) is 11.4. The van der Waals surface area contributed by atoms with Crippen LogP contribution < -0.4 is 4.72 Å². The molecule has 6 heteroatoms. The van der Waals surface area contributed by atoms with Crippen LogP contribution in [0.3, 0.4) is 0 Å². The van der Waals surface area contributed by atoms with Gasteiger partial charge in [-0.3, -0.25) is 0 Å². The predicted molar refractivity (Wildman–Crippen MR) is 83.9 cm³/mol. The number of nitrogens with one attached hydrogen (secondary N) is 1. The third-order valence-corrected chi connectivity index (χ3v) is 5.12. The minimum atomic E-state index is -3.68. The minimum absolute atomic E-state index is 0.0551. The van der Waals surface area contributed by atoms with Gasteiger partial charge in [-0.15, -0.1) is 0 Å². The van der Waals surface area contributed by atoms with Gasteiger partial charge in [-0.1, -0.05) is 35.0 Å². The second-order valence-corrected chi connectivity index (χ2v) is 7.22. The summed E-state index contributed by atoms with van der Waals surface area (Å²) < 4.78 is 41.1. The standard InChI is InChI=1S/C15H15BrFNO2S/c1-2-15(11-3-5-12(16)6-4-11)18-21(19,20)14-9-7-13(17)8-10-14/h3-10,15,18H,2H2,1H3. The first kappa shape index (κ1) is 16.1. The van der Waals surface area contributed by atoms with Crippen LogP contribution in [0.15, 0.2) is 57.9 Å². The van der Waals surface area contributed by atoms with Gasteiger partial charge in [0.1, 0.15) is 5.82 Å². The summed E-state index contributed by atoms with van der Waals surface area (Å²) >= 11 is 3.35. The molecule has 2 aromatic rings. The van der Waals surface area contributed by atoms with Crippen LogP contribution in [0.2, 0.25) is 0 Å². The van der Waals surface area contributed by atoms with Gasteiger partial charge in [0.15, 0.2) is 0 Å². The first-order valence-electron chi connectivity index (χ1n) is 6.45. The van der Waals surface area contributed by atoms with Crippen LogP contribution in [0, 0.1) is 5.82 Å². The molecule has 0 spiro atoms. The van der Waals surface area contributed by atoms with Crippen LogP contribution in [0.4, 0.5) is 4.39 Å². The van der Waals surface area contributed by atoms with Gasteiger partial charge in [-0.05, 0) is 48.4 Å². The van der Waals surface area contributed by atoms with Gasteiger partial charge in [-0.2, -0.15) is 0 Å². The topological polar surface area (TPSA) is 46.2 Å². The first-order valence-corrected chi connectivity index (χ1v) is 8.73. The Hall–Kier alpha value is -1.24. The largest absolute Gasteiger partial charge is 0.241 e. The molecule has 0 amide bonds. The van der Waals surface area contributed by atoms with E-state index in [4.69, 9.17) is 0 Å². The van der Waals surface area contributed by atoms with Crippen molar-refractivity contribution in [1.82, 2.24) is 4.72 Å². The molecule has 0 saturated heterocycles. The van der Waals surface area contributed by atoms with E-state index in [-0.39, 0.29) is 10.9 Å². The molecule has 2 rings (SSSR count). The van der Waals surface area contributed by atoms with Crippen molar-refractivity contribution < 1.29 is 12.8 Å². The van der Waals surface area contributed by atoms with Crippen molar-refractivity contribution in [3.63, 3.8) is 0 Å². The smallest absolute Gasteiger partial charge is 0.207 e. The van der Waals surface area contributed by atoms with Gasteiger partial charge in [0.05, 0.1) is 4.90 Å². The van der Waals surface area contributed by atoms with Gasteiger partial charge in [0.2, 0.25) is 10.0 Å². The van der Waals surface area contributed by atoms with Crippen LogP contribution in [0.25, 0.3) is 0 Å². The summed E-state index contributed by atoms with van der Waals surface area (Å²) in [6, 6.07) is 11.9. The lowest BCUT2D eigenvalue weighted by molar-refractivity contribution is 0.549. The fraction of sp³-hybridized carbons (Fsp3) is 0.200. The summed E-state index contributed by atoms with van der Waals surface area (Å²) in [6.07, 6.45) is 0.613. The Morgan fingerprint density at radius 3 is 2.19 bits per heavy atom. The van der Waals surface area contributed by atoms with Crippen LogP contribution in [-0.4, -0.2) is 8.42 Å². The highest BCUT2D eigenvalue weighted by atomic mass is 79.9. The van der Waals surface area contributed by atoms with E-state index in [1.54, 1.807) is 0 Å². The van der Waals surface area contributed by atoms with E-state index in [1.165, 1.54) is 12.1 Å². The molecule has 0 aliphatic carbocycles. The summed E-state index contributed by atoms with van der Waals surface area (Å²) in [4.78, 5) is 0.0551. The molecule has 1 unspecified atom stereocenters. The maximum absolute atomic E-state index is 12.9. The molecular formula is C15H15BrFNO2S. The maximum Gasteiger partial charge on any atom is 0.241 e. The number of rotatable bonds is 5. The molecule has 1 atom stereocenters. The Morgan fingerprint density at radius 2 is 1.67 bits per heavy atom. The minimum Gasteiger partial charge on any atom is -0.207 e. The van der Waals surface area contributed by atoms with E-state index in [1.807, 2.05) is 31.2 Å². The molecule has 0 bridgehead atoms. The van der Waals surface area contributed by atoms with Crippen molar-refractivity contribution in [2.75, 3.05) is 0 Å². The Kier molecular flexibility index (Phi) is 5.13. The first-order chi connectivity index (χ1) is 9.92. The summed E-state index contributed by atoms with van der Waals surface area (Å²) in [5.74, 6) is -0.464. The van der Waals surface area contributed by atoms with E-state index >= 15 is 0 Å². The van der Waals surface area contributed by atoms with Gasteiger partial charge in [0, 0.05) is 10.5 Å². The van der Waals surface area contributed by atoms with Crippen LogP contribution in [-0.2, 0) is 10.0 Å². The summed E-state index contributed by atoms with van der Waals surface area (Å²) in [6.45, 7) is 1.90. The highest BCUT2D eigenvalue weighted by Crippen LogP contribution is 2.22. The SMILES string of the molecule is CCC(NS(=O)(=O)c1ccc(F)cc1)c1ccc(Br)cc1. The Labute approximate surface area is 132 Å². The second-order valence-electron chi connectivity index (χ2n) is 4.59. The molecule has 0 aliphatic heterocycles. The summed E-state index contributed by atoms with van der Waals surface area (Å²) in [5, 5.41) is 0.